The summed E-state index contributed by atoms with van der Waals surface area (Å²) in [6, 6.07) is 0.562. The molecule has 1 aliphatic carbocycles. The Morgan fingerprint density at radius 1 is 1.33 bits per heavy atom. The second-order valence-electron chi connectivity index (χ2n) is 5.39. The highest BCUT2D eigenvalue weighted by Crippen LogP contribution is 2.19. The number of hydrogen-bond acceptors (Lipinski definition) is 3. The Bertz CT molecular complexity index is 257. The van der Waals surface area contributed by atoms with Crippen molar-refractivity contribution in [2.75, 3.05) is 6.54 Å². The van der Waals surface area contributed by atoms with E-state index in [2.05, 4.69) is 5.32 Å². The number of rotatable bonds is 9. The largest absolute Gasteiger partial charge is 0.480 e. The number of carbonyl (C=O) groups is 1. The van der Waals surface area contributed by atoms with E-state index in [4.69, 9.17) is 13.6 Å². The van der Waals surface area contributed by atoms with Gasteiger partial charge in [0.25, 0.3) is 0 Å². The van der Waals surface area contributed by atoms with Crippen molar-refractivity contribution in [3.8, 4) is 0 Å². The number of unbranched alkanes of at least 4 members (excludes halogenated alkanes) is 1. The zero-order valence-corrected chi connectivity index (χ0v) is 11.2. The summed E-state index contributed by atoms with van der Waals surface area (Å²) in [5, 5.41) is 12.7. The molecule has 0 heterocycles. The SMILES string of the molecule is [B]CCCCC(N)(CCNC1CCCC1)C(=O)O. The van der Waals surface area contributed by atoms with E-state index in [0.717, 1.165) is 12.8 Å². The second kappa shape index (κ2) is 7.79. The van der Waals surface area contributed by atoms with Crippen LogP contribution in [0.2, 0.25) is 6.32 Å². The summed E-state index contributed by atoms with van der Waals surface area (Å²) in [6.45, 7) is 0.691. The van der Waals surface area contributed by atoms with Gasteiger partial charge >= 0.3 is 5.97 Å². The molecule has 18 heavy (non-hydrogen) atoms. The number of carboxylic acids is 1. The molecule has 4 N–H and O–H groups in total. The summed E-state index contributed by atoms with van der Waals surface area (Å²) in [4.78, 5) is 11.3. The van der Waals surface area contributed by atoms with Gasteiger partial charge in [0.1, 0.15) is 5.54 Å². The molecule has 1 unspecified atom stereocenters. The Hall–Kier alpha value is -0.545. The molecular formula is C13H25BN2O2. The Labute approximate surface area is 111 Å². The zero-order chi connectivity index (χ0) is 13.4. The van der Waals surface area contributed by atoms with Crippen molar-refractivity contribution in [1.29, 1.82) is 0 Å². The first-order valence-electron chi connectivity index (χ1n) is 7.04. The van der Waals surface area contributed by atoms with Crippen molar-refractivity contribution < 1.29 is 9.90 Å². The maximum atomic E-state index is 11.3. The number of nitrogens with one attached hydrogen (secondary N) is 1. The van der Waals surface area contributed by atoms with Crippen molar-refractivity contribution >= 4 is 13.8 Å². The van der Waals surface area contributed by atoms with E-state index in [0.29, 0.717) is 31.7 Å². The molecule has 5 heteroatoms. The number of aliphatic carboxylic acids is 1. The van der Waals surface area contributed by atoms with Crippen LogP contribution >= 0.6 is 0 Å². The van der Waals surface area contributed by atoms with Crippen molar-refractivity contribution in [2.45, 2.75) is 69.3 Å². The van der Waals surface area contributed by atoms with E-state index in [-0.39, 0.29) is 0 Å². The third kappa shape index (κ3) is 4.98. The van der Waals surface area contributed by atoms with Gasteiger partial charge in [-0.1, -0.05) is 32.0 Å². The van der Waals surface area contributed by atoms with E-state index >= 15 is 0 Å². The number of hydrogen-bond donors (Lipinski definition) is 3. The normalized spacial score (nSPS) is 19.8. The van der Waals surface area contributed by atoms with Crippen LogP contribution in [0.5, 0.6) is 0 Å². The van der Waals surface area contributed by atoms with Gasteiger partial charge in [0, 0.05) is 6.04 Å². The van der Waals surface area contributed by atoms with Gasteiger partial charge in [0.05, 0.1) is 7.85 Å². The van der Waals surface area contributed by atoms with E-state index in [9.17, 15) is 9.90 Å². The van der Waals surface area contributed by atoms with Gasteiger partial charge in [-0.05, 0) is 32.2 Å². The van der Waals surface area contributed by atoms with E-state index < -0.39 is 11.5 Å². The van der Waals surface area contributed by atoms with Gasteiger partial charge in [-0.2, -0.15) is 0 Å². The molecule has 102 valence electrons. The summed E-state index contributed by atoms with van der Waals surface area (Å²) >= 11 is 0. The minimum absolute atomic E-state index is 0.489. The second-order valence-corrected chi connectivity index (χ2v) is 5.39. The standard InChI is InChI=1S/C13H25BN2O2/c14-9-4-3-7-13(15,12(17)18)8-10-16-11-5-1-2-6-11/h11,16H,1-10,15H2,(H,17,18). The smallest absolute Gasteiger partial charge is 0.323 e. The highest BCUT2D eigenvalue weighted by atomic mass is 16.4. The maximum absolute atomic E-state index is 11.3. The fraction of sp³-hybridized carbons (Fsp3) is 0.923. The first-order chi connectivity index (χ1) is 8.58. The monoisotopic (exact) mass is 252 g/mol. The van der Waals surface area contributed by atoms with Crippen LogP contribution in [0.25, 0.3) is 0 Å². The van der Waals surface area contributed by atoms with Crippen LogP contribution in [-0.4, -0.2) is 37.0 Å². The Morgan fingerprint density at radius 3 is 2.56 bits per heavy atom. The zero-order valence-electron chi connectivity index (χ0n) is 11.2. The van der Waals surface area contributed by atoms with Crippen molar-refractivity contribution in [2.24, 2.45) is 5.73 Å². The highest BCUT2D eigenvalue weighted by molar-refractivity contribution is 6.08. The molecule has 0 bridgehead atoms. The average molecular weight is 252 g/mol. The molecular weight excluding hydrogens is 227 g/mol. The molecule has 0 amide bonds. The molecule has 4 nitrogen and oxygen atoms in total. The molecule has 1 aliphatic rings. The van der Waals surface area contributed by atoms with Crippen molar-refractivity contribution in [1.82, 2.24) is 5.32 Å². The Balaban J connectivity index is 2.29. The number of nitrogens with two attached hydrogens (primary N) is 1. The predicted molar refractivity (Wildman–Crippen MR) is 73.8 cm³/mol. The van der Waals surface area contributed by atoms with Crippen molar-refractivity contribution in [3.63, 3.8) is 0 Å². The number of carboxylic acid groups (broad SMARTS) is 1. The average Bonchev–Trinajstić information content (AvgIpc) is 2.82. The molecule has 0 aromatic rings. The van der Waals surface area contributed by atoms with Gasteiger partial charge in [0.15, 0.2) is 0 Å². The summed E-state index contributed by atoms with van der Waals surface area (Å²) in [5.41, 5.74) is 4.89. The Kier molecular flexibility index (Phi) is 6.72. The third-order valence-electron chi connectivity index (χ3n) is 3.86. The van der Waals surface area contributed by atoms with Crippen LogP contribution in [0.15, 0.2) is 0 Å². The van der Waals surface area contributed by atoms with Gasteiger partial charge in [-0.3, -0.25) is 4.79 Å². The summed E-state index contributed by atoms with van der Waals surface area (Å²) in [7, 11) is 5.42. The minimum Gasteiger partial charge on any atom is -0.480 e. The van der Waals surface area contributed by atoms with Crippen LogP contribution in [0.3, 0.4) is 0 Å². The first kappa shape index (κ1) is 15.5. The van der Waals surface area contributed by atoms with Crippen LogP contribution in [0.1, 0.15) is 51.4 Å². The molecule has 2 radical (unpaired) electrons. The lowest BCUT2D eigenvalue weighted by atomic mass is 9.88. The Morgan fingerprint density at radius 2 is 2.00 bits per heavy atom. The lowest BCUT2D eigenvalue weighted by Crippen LogP contribution is -2.50. The maximum Gasteiger partial charge on any atom is 0.323 e. The van der Waals surface area contributed by atoms with E-state index in [1.165, 1.54) is 25.7 Å². The minimum atomic E-state index is -1.10. The summed E-state index contributed by atoms with van der Waals surface area (Å²) in [6.07, 6.45) is 8.17. The molecule has 0 saturated heterocycles. The molecule has 0 aromatic heterocycles. The first-order valence-corrected chi connectivity index (χ1v) is 7.04. The highest BCUT2D eigenvalue weighted by Gasteiger charge is 2.32. The van der Waals surface area contributed by atoms with E-state index in [1.54, 1.807) is 0 Å². The topological polar surface area (TPSA) is 75.3 Å². The van der Waals surface area contributed by atoms with Gasteiger partial charge in [-0.25, -0.2) is 0 Å². The van der Waals surface area contributed by atoms with Crippen LogP contribution in [0, 0.1) is 0 Å². The van der Waals surface area contributed by atoms with E-state index in [1.807, 2.05) is 0 Å². The van der Waals surface area contributed by atoms with Crippen LogP contribution < -0.4 is 11.1 Å². The summed E-state index contributed by atoms with van der Waals surface area (Å²) < 4.78 is 0. The van der Waals surface area contributed by atoms with Crippen LogP contribution in [0.4, 0.5) is 0 Å². The predicted octanol–water partition coefficient (Wildman–Crippen LogP) is 1.45. The molecule has 1 saturated carbocycles. The molecule has 1 rings (SSSR count). The quantitative estimate of drug-likeness (QED) is 0.429. The van der Waals surface area contributed by atoms with Gasteiger partial charge < -0.3 is 16.2 Å². The molecule has 1 fully saturated rings. The van der Waals surface area contributed by atoms with Gasteiger partial charge in [-0.15, -0.1) is 0 Å². The fourth-order valence-corrected chi connectivity index (χ4v) is 2.55. The van der Waals surface area contributed by atoms with Gasteiger partial charge in [0.2, 0.25) is 0 Å². The third-order valence-corrected chi connectivity index (χ3v) is 3.86. The fourth-order valence-electron chi connectivity index (χ4n) is 2.55. The lowest BCUT2D eigenvalue weighted by molar-refractivity contribution is -0.144. The molecule has 1 atom stereocenters. The molecule has 0 aromatic carbocycles. The molecule has 0 spiro atoms. The summed E-state index contributed by atoms with van der Waals surface area (Å²) in [5.74, 6) is -0.896. The lowest BCUT2D eigenvalue weighted by Gasteiger charge is -2.25. The molecule has 0 aliphatic heterocycles. The van der Waals surface area contributed by atoms with Crippen LogP contribution in [-0.2, 0) is 4.79 Å². The van der Waals surface area contributed by atoms with Crippen molar-refractivity contribution in [3.05, 3.63) is 0 Å².